The van der Waals surface area contributed by atoms with Gasteiger partial charge in [0, 0.05) is 0 Å². The molecule has 1 atom stereocenters. The Bertz CT molecular complexity index is 123. The Morgan fingerprint density at radius 3 is 2.40 bits per heavy atom. The average molecular weight is 239 g/mol. The first-order chi connectivity index (χ1) is 4.79. The second kappa shape index (κ2) is 4.86. The second-order valence-corrected chi connectivity index (χ2v) is 9.06. The van der Waals surface area contributed by atoms with Gasteiger partial charge in [0.25, 0.3) is 0 Å². The molecule has 10 heavy (non-hydrogen) atoms. The summed E-state index contributed by atoms with van der Waals surface area (Å²) in [6.07, 6.45) is 6.89. The van der Waals surface area contributed by atoms with Gasteiger partial charge in [0.2, 0.25) is 0 Å². The first-order valence-corrected chi connectivity index (χ1v) is 9.96. The number of hydrogen-bond acceptors (Lipinski definition) is 2. The summed E-state index contributed by atoms with van der Waals surface area (Å²) < 4.78 is 5.52. The monoisotopic (exact) mass is 239 g/mol. The van der Waals surface area contributed by atoms with E-state index in [0.717, 1.165) is 0 Å². The van der Waals surface area contributed by atoms with Crippen molar-refractivity contribution in [2.24, 2.45) is 0 Å². The molecule has 0 saturated heterocycles. The molecule has 0 heterocycles. The van der Waals surface area contributed by atoms with Gasteiger partial charge in [0.1, 0.15) is 0 Å². The van der Waals surface area contributed by atoms with Crippen LogP contribution in [0.25, 0.3) is 0 Å². The summed E-state index contributed by atoms with van der Waals surface area (Å²) in [4.78, 5) is 0. The maximum absolute atomic E-state index is 5.52. The van der Waals surface area contributed by atoms with Crippen molar-refractivity contribution in [1.29, 1.82) is 0 Å². The normalized spacial score (nSPS) is 22.7. The molecule has 1 rings (SSSR count). The molecule has 0 aliphatic heterocycles. The number of hydrogen-bond donors (Lipinski definition) is 1. The van der Waals surface area contributed by atoms with Gasteiger partial charge >= 0.3 is 75.4 Å². The fraction of sp³-hybridized carbons (Fsp3) is 1.00. The van der Waals surface area contributed by atoms with E-state index in [0.29, 0.717) is 6.10 Å². The van der Waals surface area contributed by atoms with Crippen LogP contribution in [0.3, 0.4) is 0 Å². The first kappa shape index (κ1) is 9.18. The predicted molar refractivity (Wildman–Crippen MR) is 50.3 cm³/mol. The molecule has 59 valence electrons. The molecule has 0 spiro atoms. The Balaban J connectivity index is 2.19. The van der Waals surface area contributed by atoms with Crippen molar-refractivity contribution in [2.45, 2.75) is 38.2 Å². The van der Waals surface area contributed by atoms with Crippen molar-refractivity contribution in [3.63, 3.8) is 0 Å². The third-order valence-electron chi connectivity index (χ3n) is 1.79. The van der Waals surface area contributed by atoms with Crippen molar-refractivity contribution in [2.75, 3.05) is 0 Å². The topological polar surface area (TPSA) is 9.23 Å². The Morgan fingerprint density at radius 1 is 1.30 bits per heavy atom. The molecule has 1 nitrogen and oxygen atoms in total. The molecule has 1 saturated carbocycles. The molecule has 1 radical (unpaired) electrons. The van der Waals surface area contributed by atoms with E-state index in [1.165, 1.54) is 32.1 Å². The summed E-state index contributed by atoms with van der Waals surface area (Å²) in [6.45, 7) is 0. The van der Waals surface area contributed by atoms with Gasteiger partial charge in [-0.05, 0) is 0 Å². The van der Waals surface area contributed by atoms with E-state index < -0.39 is 12.2 Å². The van der Waals surface area contributed by atoms with Crippen molar-refractivity contribution in [1.82, 2.24) is 0 Å². The zero-order chi connectivity index (χ0) is 7.40. The molecule has 0 amide bonds. The minimum atomic E-state index is -1.52. The minimum absolute atomic E-state index is 0.462. The van der Waals surface area contributed by atoms with Crippen LogP contribution in [-0.2, 0) is 3.73 Å². The molecule has 0 aromatic rings. The average Bonchev–Trinajstić information content (AvgIpc) is 1.88. The van der Waals surface area contributed by atoms with E-state index in [2.05, 4.69) is 10.9 Å². The maximum atomic E-state index is 5.52. The van der Waals surface area contributed by atoms with E-state index in [-0.39, 0.29) is 0 Å². The molecule has 1 aliphatic carbocycles. The Kier molecular flexibility index (Phi) is 4.46. The van der Waals surface area contributed by atoms with Gasteiger partial charge < -0.3 is 0 Å². The summed E-state index contributed by atoms with van der Waals surface area (Å²) in [5, 5.41) is 0. The standard InChI is InChI=1S/C6H12AsOS2/c9-7(10)8-6-4-2-1-3-5-6/h6H,1-5H2,(H,9,10). The fourth-order valence-corrected chi connectivity index (χ4v) is 3.60. The third-order valence-corrected chi connectivity index (χ3v) is 3.73. The summed E-state index contributed by atoms with van der Waals surface area (Å²) in [5.41, 5.74) is 0. The van der Waals surface area contributed by atoms with Crippen LogP contribution >= 0.6 is 21.3 Å². The van der Waals surface area contributed by atoms with E-state index in [1.54, 1.807) is 0 Å². The van der Waals surface area contributed by atoms with Gasteiger partial charge in [0.05, 0.1) is 0 Å². The van der Waals surface area contributed by atoms with Crippen LogP contribution in [0.15, 0.2) is 0 Å². The SMILES string of the molecule is S=[As](S)OC1CCCCC1. The van der Waals surface area contributed by atoms with Gasteiger partial charge in [-0.3, -0.25) is 0 Å². The first-order valence-electron chi connectivity index (χ1n) is 3.62. The Morgan fingerprint density at radius 2 is 1.90 bits per heavy atom. The van der Waals surface area contributed by atoms with Crippen LogP contribution in [0, 0.1) is 0 Å². The van der Waals surface area contributed by atoms with Gasteiger partial charge in [-0.1, -0.05) is 0 Å². The van der Waals surface area contributed by atoms with Crippen LogP contribution in [0.5, 0.6) is 0 Å². The quantitative estimate of drug-likeness (QED) is 0.585. The molecule has 1 fully saturated rings. The molecular weight excluding hydrogens is 227 g/mol. The van der Waals surface area contributed by atoms with Gasteiger partial charge in [0.15, 0.2) is 0 Å². The third kappa shape index (κ3) is 3.47. The van der Waals surface area contributed by atoms with Gasteiger partial charge in [-0.15, -0.1) is 0 Å². The summed E-state index contributed by atoms with van der Waals surface area (Å²) in [7, 11) is 9.09. The van der Waals surface area contributed by atoms with Crippen LogP contribution in [-0.4, -0.2) is 18.3 Å². The predicted octanol–water partition coefficient (Wildman–Crippen LogP) is 2.45. The molecule has 0 bridgehead atoms. The van der Waals surface area contributed by atoms with E-state index in [9.17, 15) is 0 Å². The molecule has 1 unspecified atom stereocenters. The zero-order valence-electron chi connectivity index (χ0n) is 5.82. The van der Waals surface area contributed by atoms with E-state index in [4.69, 9.17) is 14.1 Å². The Hall–Kier alpha value is 1.09. The van der Waals surface area contributed by atoms with Crippen LogP contribution < -0.4 is 0 Å². The molecule has 0 N–H and O–H groups in total. The van der Waals surface area contributed by atoms with Crippen LogP contribution in [0.1, 0.15) is 32.1 Å². The van der Waals surface area contributed by atoms with Crippen molar-refractivity contribution in [3.05, 3.63) is 0 Å². The molecule has 0 aromatic carbocycles. The number of rotatable bonds is 2. The van der Waals surface area contributed by atoms with Gasteiger partial charge in [-0.25, -0.2) is 0 Å². The molecule has 0 aromatic heterocycles. The van der Waals surface area contributed by atoms with Crippen LogP contribution in [0.4, 0.5) is 0 Å². The molecular formula is C6H12AsOS2. The second-order valence-electron chi connectivity index (χ2n) is 2.60. The molecule has 4 heteroatoms. The zero-order valence-corrected chi connectivity index (χ0v) is 9.41. The van der Waals surface area contributed by atoms with E-state index >= 15 is 0 Å². The van der Waals surface area contributed by atoms with Crippen LogP contribution in [0.2, 0.25) is 0 Å². The fourth-order valence-electron chi connectivity index (χ4n) is 1.30. The summed E-state index contributed by atoms with van der Waals surface area (Å²) in [6, 6.07) is 0. The van der Waals surface area contributed by atoms with Gasteiger partial charge in [-0.2, -0.15) is 0 Å². The molecule has 1 aliphatic rings. The van der Waals surface area contributed by atoms with Crippen molar-refractivity contribution >= 4 is 33.4 Å². The van der Waals surface area contributed by atoms with E-state index in [1.807, 2.05) is 0 Å². The van der Waals surface area contributed by atoms with Crippen molar-refractivity contribution in [3.8, 4) is 0 Å². The summed E-state index contributed by atoms with van der Waals surface area (Å²) in [5.74, 6) is 0. The number of thiol groups is 1. The summed E-state index contributed by atoms with van der Waals surface area (Å²) >= 11 is -1.52. The van der Waals surface area contributed by atoms with Crippen molar-refractivity contribution < 1.29 is 3.73 Å². The Labute approximate surface area is 75.3 Å².